The molecule has 0 aromatic heterocycles. The molecule has 1 saturated heterocycles. The zero-order chi connectivity index (χ0) is 18.6. The van der Waals surface area contributed by atoms with Crippen molar-refractivity contribution in [3.63, 3.8) is 0 Å². The van der Waals surface area contributed by atoms with Gasteiger partial charge in [-0.05, 0) is 31.0 Å². The van der Waals surface area contributed by atoms with Gasteiger partial charge in [-0.25, -0.2) is 9.38 Å². The molecule has 4 nitrogen and oxygen atoms in total. The van der Waals surface area contributed by atoms with Crippen molar-refractivity contribution in [2.45, 2.75) is 26.1 Å². The third-order valence-electron chi connectivity index (χ3n) is 4.70. The molecule has 1 aliphatic rings. The van der Waals surface area contributed by atoms with Crippen molar-refractivity contribution in [3.05, 3.63) is 65.0 Å². The highest BCUT2D eigenvalue weighted by Gasteiger charge is 2.44. The zero-order valence-corrected chi connectivity index (χ0v) is 15.5. The summed E-state index contributed by atoms with van der Waals surface area (Å²) in [6, 6.07) is 13.2. The van der Waals surface area contributed by atoms with E-state index in [0.29, 0.717) is 31.1 Å². The minimum atomic E-state index is -0.729. The van der Waals surface area contributed by atoms with Crippen LogP contribution < -0.4 is 0 Å². The number of ether oxygens (including phenoxy) is 2. The largest absolute Gasteiger partial charge is 0.375 e. The molecule has 0 spiro atoms. The summed E-state index contributed by atoms with van der Waals surface area (Å²) in [6.07, 6.45) is 1.72. The number of aliphatic imine (C=N–C) groups is 1. The summed E-state index contributed by atoms with van der Waals surface area (Å²) in [5.41, 5.74) is 2.41. The average molecular weight is 356 g/mol. The maximum Gasteiger partial charge on any atom is 0.143 e. The van der Waals surface area contributed by atoms with E-state index in [9.17, 15) is 4.39 Å². The van der Waals surface area contributed by atoms with Gasteiger partial charge < -0.3 is 14.4 Å². The van der Waals surface area contributed by atoms with Gasteiger partial charge in [0.1, 0.15) is 11.4 Å². The van der Waals surface area contributed by atoms with Crippen LogP contribution in [0.5, 0.6) is 0 Å². The van der Waals surface area contributed by atoms with E-state index < -0.39 is 5.60 Å². The molecule has 0 unspecified atom stereocenters. The second kappa shape index (κ2) is 7.98. The quantitative estimate of drug-likeness (QED) is 0.551. The van der Waals surface area contributed by atoms with Gasteiger partial charge in [-0.2, -0.15) is 0 Å². The number of hydrogen-bond donors (Lipinski definition) is 0. The van der Waals surface area contributed by atoms with Gasteiger partial charge in [0.15, 0.2) is 0 Å². The van der Waals surface area contributed by atoms with Crippen LogP contribution in [0, 0.1) is 12.7 Å². The third-order valence-corrected chi connectivity index (χ3v) is 4.70. The van der Waals surface area contributed by atoms with E-state index >= 15 is 0 Å². The Balaban J connectivity index is 1.82. The monoisotopic (exact) mass is 356 g/mol. The highest BCUT2D eigenvalue weighted by atomic mass is 19.1. The number of halogens is 1. The summed E-state index contributed by atoms with van der Waals surface area (Å²) in [7, 11) is 1.93. The number of rotatable bonds is 7. The first-order valence-corrected chi connectivity index (χ1v) is 8.85. The standard InChI is InChI=1S/C21H25FN2O2/c1-4-24(3)15-23-20-11-19(22)18(10-16(20)2)21(13-25-14-21)26-12-17-8-6-5-7-9-17/h5-11,15H,4,12-14H2,1-3H3. The van der Waals surface area contributed by atoms with E-state index in [1.807, 2.05) is 62.2 Å². The summed E-state index contributed by atoms with van der Waals surface area (Å²) >= 11 is 0. The summed E-state index contributed by atoms with van der Waals surface area (Å²) in [5.74, 6) is -0.307. The molecule has 1 heterocycles. The van der Waals surface area contributed by atoms with Gasteiger partial charge >= 0.3 is 0 Å². The minimum absolute atomic E-state index is 0.307. The van der Waals surface area contributed by atoms with Crippen LogP contribution in [0.1, 0.15) is 23.6 Å². The van der Waals surface area contributed by atoms with Crippen molar-refractivity contribution >= 4 is 12.0 Å². The maximum atomic E-state index is 14.9. The number of nitrogens with zero attached hydrogens (tertiary/aromatic N) is 2. The van der Waals surface area contributed by atoms with Crippen LogP contribution in [0.3, 0.4) is 0 Å². The lowest BCUT2D eigenvalue weighted by molar-refractivity contribution is -0.224. The molecular weight excluding hydrogens is 331 g/mol. The zero-order valence-electron chi connectivity index (χ0n) is 15.5. The highest BCUT2D eigenvalue weighted by molar-refractivity contribution is 5.63. The van der Waals surface area contributed by atoms with Crippen LogP contribution >= 0.6 is 0 Å². The first-order valence-electron chi connectivity index (χ1n) is 8.85. The Morgan fingerprint density at radius 1 is 1.27 bits per heavy atom. The van der Waals surface area contributed by atoms with Crippen molar-refractivity contribution in [1.82, 2.24) is 4.90 Å². The van der Waals surface area contributed by atoms with Crippen LogP contribution in [0.15, 0.2) is 47.5 Å². The molecule has 0 amide bonds. The van der Waals surface area contributed by atoms with E-state index in [4.69, 9.17) is 9.47 Å². The van der Waals surface area contributed by atoms with Gasteiger partial charge in [0.25, 0.3) is 0 Å². The maximum absolute atomic E-state index is 14.9. The SMILES string of the molecule is CCN(C)C=Nc1cc(F)c(C2(OCc3ccccc3)COC2)cc1C. The fourth-order valence-electron chi connectivity index (χ4n) is 2.80. The molecule has 138 valence electrons. The van der Waals surface area contributed by atoms with Crippen LogP contribution in [0.2, 0.25) is 0 Å². The molecular formula is C21H25FN2O2. The Morgan fingerprint density at radius 3 is 2.62 bits per heavy atom. The van der Waals surface area contributed by atoms with Crippen molar-refractivity contribution < 1.29 is 13.9 Å². The molecule has 26 heavy (non-hydrogen) atoms. The van der Waals surface area contributed by atoms with E-state index in [0.717, 1.165) is 17.7 Å². The molecule has 2 aromatic carbocycles. The molecule has 0 aliphatic carbocycles. The molecule has 1 aliphatic heterocycles. The lowest BCUT2D eigenvalue weighted by atomic mass is 9.89. The number of benzene rings is 2. The third kappa shape index (κ3) is 3.94. The fourth-order valence-corrected chi connectivity index (χ4v) is 2.80. The fraction of sp³-hybridized carbons (Fsp3) is 0.381. The van der Waals surface area contributed by atoms with Gasteiger partial charge in [-0.15, -0.1) is 0 Å². The Bertz CT molecular complexity index is 773. The molecule has 5 heteroatoms. The van der Waals surface area contributed by atoms with Gasteiger partial charge in [0.2, 0.25) is 0 Å². The van der Waals surface area contributed by atoms with Gasteiger partial charge in [0.05, 0.1) is 31.8 Å². The Labute approximate surface area is 154 Å². The molecule has 1 fully saturated rings. The summed E-state index contributed by atoms with van der Waals surface area (Å²) in [4.78, 5) is 6.33. The predicted octanol–water partition coefficient (Wildman–Crippen LogP) is 4.19. The van der Waals surface area contributed by atoms with Gasteiger partial charge in [0, 0.05) is 25.2 Å². The topological polar surface area (TPSA) is 34.1 Å². The lowest BCUT2D eigenvalue weighted by Gasteiger charge is -2.42. The van der Waals surface area contributed by atoms with E-state index in [1.54, 1.807) is 6.34 Å². The van der Waals surface area contributed by atoms with Crippen LogP contribution in [0.25, 0.3) is 0 Å². The molecule has 0 N–H and O–H groups in total. The lowest BCUT2D eigenvalue weighted by Crippen LogP contribution is -2.49. The molecule has 3 rings (SSSR count). The van der Waals surface area contributed by atoms with E-state index in [1.165, 1.54) is 6.07 Å². The van der Waals surface area contributed by atoms with Crippen molar-refractivity contribution in [2.24, 2.45) is 4.99 Å². The first-order chi connectivity index (χ1) is 12.5. The molecule has 0 bridgehead atoms. The second-order valence-corrected chi connectivity index (χ2v) is 6.70. The Morgan fingerprint density at radius 2 is 2.00 bits per heavy atom. The van der Waals surface area contributed by atoms with Gasteiger partial charge in [-0.3, -0.25) is 0 Å². The van der Waals surface area contributed by atoms with Crippen LogP contribution in [0.4, 0.5) is 10.1 Å². The highest BCUT2D eigenvalue weighted by Crippen LogP contribution is 2.38. The summed E-state index contributed by atoms with van der Waals surface area (Å²) in [5, 5.41) is 0. The Hall–Kier alpha value is -2.24. The number of aryl methyl sites for hydroxylation is 1. The van der Waals surface area contributed by atoms with Crippen LogP contribution in [-0.2, 0) is 21.7 Å². The molecule has 0 saturated carbocycles. The van der Waals surface area contributed by atoms with Crippen molar-refractivity contribution in [3.8, 4) is 0 Å². The summed E-state index contributed by atoms with van der Waals surface area (Å²) < 4.78 is 26.3. The normalized spacial score (nSPS) is 15.8. The molecule has 0 atom stereocenters. The second-order valence-electron chi connectivity index (χ2n) is 6.70. The van der Waals surface area contributed by atoms with Crippen molar-refractivity contribution in [2.75, 3.05) is 26.8 Å². The minimum Gasteiger partial charge on any atom is -0.375 e. The first kappa shape index (κ1) is 18.5. The number of hydrogen-bond acceptors (Lipinski definition) is 3. The van der Waals surface area contributed by atoms with Crippen molar-refractivity contribution in [1.29, 1.82) is 0 Å². The Kier molecular flexibility index (Phi) is 5.69. The smallest absolute Gasteiger partial charge is 0.143 e. The van der Waals surface area contributed by atoms with Crippen LogP contribution in [-0.4, -0.2) is 38.0 Å². The summed E-state index contributed by atoms with van der Waals surface area (Å²) in [6.45, 7) is 5.95. The molecule has 0 radical (unpaired) electrons. The van der Waals surface area contributed by atoms with E-state index in [2.05, 4.69) is 4.99 Å². The van der Waals surface area contributed by atoms with E-state index in [-0.39, 0.29) is 5.82 Å². The molecule has 2 aromatic rings. The predicted molar refractivity (Wildman–Crippen MR) is 101 cm³/mol. The average Bonchev–Trinajstić information content (AvgIpc) is 2.62. The van der Waals surface area contributed by atoms with Gasteiger partial charge in [-0.1, -0.05) is 30.3 Å².